The first-order valence-electron chi connectivity index (χ1n) is 8.13. The van der Waals surface area contributed by atoms with E-state index in [1.165, 1.54) is 20.3 Å². The summed E-state index contributed by atoms with van der Waals surface area (Å²) < 4.78 is 17.6. The van der Waals surface area contributed by atoms with Crippen LogP contribution in [0.4, 0.5) is 0 Å². The summed E-state index contributed by atoms with van der Waals surface area (Å²) in [5, 5.41) is 19.8. The maximum atomic E-state index is 12.5. The Hall–Kier alpha value is -3.66. The first-order chi connectivity index (χ1) is 13.0. The molecule has 2 aromatic rings. The summed E-state index contributed by atoms with van der Waals surface area (Å²) in [6.07, 6.45) is 3.50. The number of phenols is 1. The minimum Gasteiger partial charge on any atom is -0.504 e. The molecule has 0 fully saturated rings. The number of allylic oxidation sites excluding steroid dienone is 2. The molecule has 1 N–H and O–H groups in total. The van der Waals surface area contributed by atoms with Gasteiger partial charge in [0.1, 0.15) is 17.4 Å². The van der Waals surface area contributed by atoms with E-state index in [0.29, 0.717) is 17.2 Å². The smallest absolute Gasteiger partial charge is 0.338 e. The largest absolute Gasteiger partial charge is 0.504 e. The number of phenolic OH excluding ortho intramolecular Hbond substituents is 1. The number of ether oxygens (including phenoxy) is 3. The van der Waals surface area contributed by atoms with Crippen LogP contribution in [0.1, 0.15) is 18.4 Å². The van der Waals surface area contributed by atoms with Gasteiger partial charge in [0, 0.05) is 12.4 Å². The van der Waals surface area contributed by atoms with Gasteiger partial charge < -0.3 is 19.3 Å². The van der Waals surface area contributed by atoms with E-state index in [9.17, 15) is 15.2 Å². The zero-order chi connectivity index (χ0) is 19.6. The lowest BCUT2D eigenvalue weighted by Crippen LogP contribution is -2.23. The Bertz CT molecular complexity index is 980. The first kappa shape index (κ1) is 18.1. The van der Waals surface area contributed by atoms with E-state index in [-0.39, 0.29) is 22.6 Å². The highest BCUT2D eigenvalue weighted by Crippen LogP contribution is 2.43. The van der Waals surface area contributed by atoms with Crippen molar-refractivity contribution in [2.24, 2.45) is 0 Å². The molecule has 27 heavy (non-hydrogen) atoms. The molecule has 0 aliphatic carbocycles. The van der Waals surface area contributed by atoms with Crippen molar-refractivity contribution in [1.29, 1.82) is 5.26 Å². The molecule has 1 aromatic carbocycles. The summed E-state index contributed by atoms with van der Waals surface area (Å²) >= 11 is 0. The molecule has 1 aromatic heterocycles. The van der Waals surface area contributed by atoms with Crippen LogP contribution in [0.5, 0.6) is 11.5 Å². The number of esters is 1. The molecule has 138 valence electrons. The lowest BCUT2D eigenvalue weighted by atomic mass is 9.83. The topological polar surface area (TPSA) is 93.7 Å². The van der Waals surface area contributed by atoms with Gasteiger partial charge in [-0.25, -0.2) is 4.79 Å². The SMILES string of the molecule is COC(=O)C1=C(C)OC(n2cccc2)=C(C#N)C1c1ccc(O)c(OC)c1. The Morgan fingerprint density at radius 2 is 2.00 bits per heavy atom. The zero-order valence-electron chi connectivity index (χ0n) is 15.1. The average molecular weight is 366 g/mol. The molecule has 2 heterocycles. The number of hydrogen-bond donors (Lipinski definition) is 1. The van der Waals surface area contributed by atoms with Crippen molar-refractivity contribution < 1.29 is 24.1 Å². The van der Waals surface area contributed by atoms with Crippen molar-refractivity contribution in [2.75, 3.05) is 14.2 Å². The van der Waals surface area contributed by atoms with E-state index in [1.807, 2.05) is 0 Å². The highest BCUT2D eigenvalue weighted by atomic mass is 16.5. The van der Waals surface area contributed by atoms with Gasteiger partial charge in [-0.2, -0.15) is 5.26 Å². The maximum Gasteiger partial charge on any atom is 0.338 e. The quantitative estimate of drug-likeness (QED) is 0.836. The van der Waals surface area contributed by atoms with Crippen LogP contribution in [0.3, 0.4) is 0 Å². The Balaban J connectivity index is 2.26. The van der Waals surface area contributed by atoms with Gasteiger partial charge in [0.05, 0.1) is 25.7 Å². The number of hydrogen-bond acceptors (Lipinski definition) is 6. The van der Waals surface area contributed by atoms with Crippen molar-refractivity contribution in [2.45, 2.75) is 12.8 Å². The van der Waals surface area contributed by atoms with Crippen LogP contribution in [0.25, 0.3) is 5.88 Å². The molecular weight excluding hydrogens is 348 g/mol. The van der Waals surface area contributed by atoms with Crippen LogP contribution in [0.2, 0.25) is 0 Å². The fourth-order valence-corrected chi connectivity index (χ4v) is 3.08. The summed E-state index contributed by atoms with van der Waals surface area (Å²) in [4.78, 5) is 12.5. The Morgan fingerprint density at radius 3 is 2.59 bits per heavy atom. The van der Waals surface area contributed by atoms with Gasteiger partial charge in [0.2, 0.25) is 5.88 Å². The predicted molar refractivity (Wildman–Crippen MR) is 96.5 cm³/mol. The summed E-state index contributed by atoms with van der Waals surface area (Å²) in [5.41, 5.74) is 1.05. The van der Waals surface area contributed by atoms with E-state index >= 15 is 0 Å². The molecule has 0 amide bonds. The third-order valence-corrected chi connectivity index (χ3v) is 4.34. The second-order valence-electron chi connectivity index (χ2n) is 5.85. The van der Waals surface area contributed by atoms with Crippen LogP contribution in [0, 0.1) is 11.3 Å². The maximum absolute atomic E-state index is 12.5. The standard InChI is InChI=1S/C20H18N2O5/c1-12-17(20(24)26-3)18(13-6-7-15(23)16(10-13)25-2)14(11-21)19(27-12)22-8-4-5-9-22/h4-10,18,23H,1-3H3. The molecule has 0 spiro atoms. The molecule has 0 radical (unpaired) electrons. The molecule has 0 saturated carbocycles. The van der Waals surface area contributed by atoms with E-state index in [0.717, 1.165) is 0 Å². The number of rotatable bonds is 4. The second kappa shape index (κ2) is 7.30. The van der Waals surface area contributed by atoms with Crippen molar-refractivity contribution in [1.82, 2.24) is 4.57 Å². The highest BCUT2D eigenvalue weighted by Gasteiger charge is 2.37. The Morgan fingerprint density at radius 1 is 1.30 bits per heavy atom. The average Bonchev–Trinajstić information content (AvgIpc) is 3.21. The van der Waals surface area contributed by atoms with Gasteiger partial charge >= 0.3 is 5.97 Å². The Kier molecular flexibility index (Phi) is 4.90. The number of aromatic hydroxyl groups is 1. The number of aromatic nitrogens is 1. The molecule has 3 rings (SSSR count). The van der Waals surface area contributed by atoms with E-state index in [2.05, 4.69) is 6.07 Å². The fourth-order valence-electron chi connectivity index (χ4n) is 3.08. The number of nitriles is 1. The minimum absolute atomic E-state index is 0.0400. The van der Waals surface area contributed by atoms with E-state index in [1.54, 1.807) is 48.1 Å². The van der Waals surface area contributed by atoms with E-state index < -0.39 is 11.9 Å². The van der Waals surface area contributed by atoms with Gasteiger partial charge in [0.25, 0.3) is 0 Å². The first-order valence-corrected chi connectivity index (χ1v) is 8.13. The molecule has 1 aliphatic heterocycles. The molecule has 1 atom stereocenters. The zero-order valence-corrected chi connectivity index (χ0v) is 15.1. The number of benzene rings is 1. The van der Waals surface area contributed by atoms with Gasteiger partial charge in [-0.3, -0.25) is 4.57 Å². The van der Waals surface area contributed by atoms with Gasteiger partial charge in [-0.05, 0) is 36.8 Å². The van der Waals surface area contributed by atoms with Gasteiger partial charge in [0.15, 0.2) is 11.5 Å². The van der Waals surface area contributed by atoms with E-state index in [4.69, 9.17) is 14.2 Å². The second-order valence-corrected chi connectivity index (χ2v) is 5.85. The number of carbonyl (C=O) groups is 1. The van der Waals surface area contributed by atoms with Crippen LogP contribution < -0.4 is 4.74 Å². The number of methoxy groups -OCH3 is 2. The molecule has 1 unspecified atom stereocenters. The lowest BCUT2D eigenvalue weighted by molar-refractivity contribution is -0.136. The molecular formula is C20H18N2O5. The third kappa shape index (κ3) is 3.13. The van der Waals surface area contributed by atoms with Crippen LogP contribution in [-0.2, 0) is 14.3 Å². The van der Waals surface area contributed by atoms with Crippen LogP contribution in [-0.4, -0.2) is 29.9 Å². The third-order valence-electron chi connectivity index (χ3n) is 4.34. The van der Waals surface area contributed by atoms with Gasteiger partial charge in [-0.15, -0.1) is 0 Å². The lowest BCUT2D eigenvalue weighted by Gasteiger charge is -2.28. The van der Waals surface area contributed by atoms with Crippen molar-refractivity contribution in [3.8, 4) is 17.6 Å². The summed E-state index contributed by atoms with van der Waals surface area (Å²) in [6.45, 7) is 1.65. The molecule has 7 nitrogen and oxygen atoms in total. The number of nitrogens with zero attached hydrogens (tertiary/aromatic N) is 2. The summed E-state index contributed by atoms with van der Waals surface area (Å²) in [7, 11) is 2.70. The van der Waals surface area contributed by atoms with Gasteiger partial charge in [-0.1, -0.05) is 6.07 Å². The molecule has 0 saturated heterocycles. The fraction of sp³-hybridized carbons (Fsp3) is 0.200. The number of carbonyl (C=O) groups excluding carboxylic acids is 1. The summed E-state index contributed by atoms with van der Waals surface area (Å²) in [5.74, 6) is -0.486. The molecule has 0 bridgehead atoms. The molecule has 1 aliphatic rings. The van der Waals surface area contributed by atoms with Crippen LogP contribution in [0.15, 0.2) is 59.6 Å². The van der Waals surface area contributed by atoms with Crippen molar-refractivity contribution in [3.05, 3.63) is 65.2 Å². The minimum atomic E-state index is -0.733. The highest BCUT2D eigenvalue weighted by molar-refractivity contribution is 5.93. The summed E-state index contributed by atoms with van der Waals surface area (Å²) in [6, 6.07) is 10.4. The normalized spacial score (nSPS) is 16.6. The monoisotopic (exact) mass is 366 g/mol. The Labute approximate surface area is 156 Å². The predicted octanol–water partition coefficient (Wildman–Crippen LogP) is 3.16. The van der Waals surface area contributed by atoms with Crippen molar-refractivity contribution >= 4 is 11.9 Å². The van der Waals surface area contributed by atoms with Crippen LogP contribution >= 0.6 is 0 Å². The molecule has 7 heteroatoms. The van der Waals surface area contributed by atoms with Crippen molar-refractivity contribution in [3.63, 3.8) is 0 Å².